The SMILES string of the molecule is Fc1ccc(C(Nc2ccc3cn[nH]c3c2)C2CC2)cc1. The Hall–Kier alpha value is -2.36. The molecule has 0 aliphatic heterocycles. The fourth-order valence-corrected chi connectivity index (χ4v) is 2.78. The normalized spacial score (nSPS) is 16.0. The Balaban J connectivity index is 1.63. The summed E-state index contributed by atoms with van der Waals surface area (Å²) >= 11 is 0. The third-order valence-electron chi connectivity index (χ3n) is 4.09. The van der Waals surface area contributed by atoms with Gasteiger partial charge < -0.3 is 5.32 Å². The van der Waals surface area contributed by atoms with Crippen LogP contribution in [0.4, 0.5) is 10.1 Å². The predicted molar refractivity (Wildman–Crippen MR) is 81.6 cm³/mol. The Morgan fingerprint density at radius 3 is 2.71 bits per heavy atom. The Labute approximate surface area is 122 Å². The molecule has 1 atom stereocenters. The number of anilines is 1. The van der Waals surface area contributed by atoms with Gasteiger partial charge in [0.05, 0.1) is 17.8 Å². The average Bonchev–Trinajstić information content (AvgIpc) is 3.23. The van der Waals surface area contributed by atoms with E-state index in [1.165, 1.54) is 25.0 Å². The molecule has 3 aromatic rings. The maximum Gasteiger partial charge on any atom is 0.123 e. The molecule has 1 aliphatic carbocycles. The van der Waals surface area contributed by atoms with E-state index in [2.05, 4.69) is 33.7 Å². The molecular formula is C17H16FN3. The van der Waals surface area contributed by atoms with Gasteiger partial charge in [0, 0.05) is 11.1 Å². The van der Waals surface area contributed by atoms with E-state index in [0.29, 0.717) is 5.92 Å². The number of nitrogens with zero attached hydrogens (tertiary/aromatic N) is 1. The molecule has 0 radical (unpaired) electrons. The molecule has 1 unspecified atom stereocenters. The van der Waals surface area contributed by atoms with E-state index in [0.717, 1.165) is 22.2 Å². The molecular weight excluding hydrogens is 265 g/mol. The minimum absolute atomic E-state index is 0.188. The van der Waals surface area contributed by atoms with Crippen molar-refractivity contribution in [1.29, 1.82) is 0 Å². The summed E-state index contributed by atoms with van der Waals surface area (Å²) in [5, 5.41) is 11.7. The number of H-pyrrole nitrogens is 1. The smallest absolute Gasteiger partial charge is 0.123 e. The standard InChI is InChI=1S/C17H16FN3/c18-14-6-3-12(4-7-14)17(11-1-2-11)20-15-8-5-13-10-19-21-16(13)9-15/h3-11,17,20H,1-2H2,(H,19,21). The highest BCUT2D eigenvalue weighted by Gasteiger charge is 2.32. The molecule has 2 N–H and O–H groups in total. The number of fused-ring (bicyclic) bond motifs is 1. The number of aromatic nitrogens is 2. The quantitative estimate of drug-likeness (QED) is 0.750. The molecule has 2 aromatic carbocycles. The first-order chi connectivity index (χ1) is 10.3. The van der Waals surface area contributed by atoms with Crippen LogP contribution in [-0.2, 0) is 0 Å². The zero-order valence-electron chi connectivity index (χ0n) is 11.5. The summed E-state index contributed by atoms with van der Waals surface area (Å²) in [5.74, 6) is 0.445. The van der Waals surface area contributed by atoms with E-state index in [9.17, 15) is 4.39 Å². The summed E-state index contributed by atoms with van der Waals surface area (Å²) in [5.41, 5.74) is 3.23. The van der Waals surface area contributed by atoms with Crippen LogP contribution in [0.2, 0.25) is 0 Å². The molecule has 4 heteroatoms. The zero-order chi connectivity index (χ0) is 14.2. The molecule has 4 rings (SSSR count). The second-order valence-corrected chi connectivity index (χ2v) is 5.68. The van der Waals surface area contributed by atoms with Gasteiger partial charge in [-0.1, -0.05) is 12.1 Å². The van der Waals surface area contributed by atoms with Crippen LogP contribution in [0, 0.1) is 11.7 Å². The van der Waals surface area contributed by atoms with E-state index in [1.807, 2.05) is 18.3 Å². The first-order valence-corrected chi connectivity index (χ1v) is 7.25. The largest absolute Gasteiger partial charge is 0.378 e. The van der Waals surface area contributed by atoms with Gasteiger partial charge in [-0.3, -0.25) is 5.10 Å². The van der Waals surface area contributed by atoms with Crippen molar-refractivity contribution in [3.8, 4) is 0 Å². The third-order valence-corrected chi connectivity index (χ3v) is 4.09. The fourth-order valence-electron chi connectivity index (χ4n) is 2.78. The van der Waals surface area contributed by atoms with Gasteiger partial charge in [0.1, 0.15) is 5.82 Å². The second kappa shape index (κ2) is 4.88. The number of halogens is 1. The van der Waals surface area contributed by atoms with Crippen LogP contribution in [0.3, 0.4) is 0 Å². The molecule has 1 saturated carbocycles. The van der Waals surface area contributed by atoms with Crippen molar-refractivity contribution in [3.05, 3.63) is 60.0 Å². The number of benzene rings is 2. The van der Waals surface area contributed by atoms with E-state index in [1.54, 1.807) is 0 Å². The molecule has 1 heterocycles. The monoisotopic (exact) mass is 281 g/mol. The maximum absolute atomic E-state index is 13.1. The Morgan fingerprint density at radius 2 is 1.95 bits per heavy atom. The first kappa shape index (κ1) is 12.4. The average molecular weight is 281 g/mol. The highest BCUT2D eigenvalue weighted by Crippen LogP contribution is 2.43. The second-order valence-electron chi connectivity index (χ2n) is 5.68. The highest BCUT2D eigenvalue weighted by molar-refractivity contribution is 5.81. The molecule has 0 saturated heterocycles. The van der Waals surface area contributed by atoms with Gasteiger partial charge in [-0.05, 0) is 54.7 Å². The lowest BCUT2D eigenvalue weighted by molar-refractivity contribution is 0.622. The lowest BCUT2D eigenvalue weighted by Crippen LogP contribution is -2.12. The third kappa shape index (κ3) is 2.49. The van der Waals surface area contributed by atoms with Crippen LogP contribution in [0.15, 0.2) is 48.7 Å². The van der Waals surface area contributed by atoms with Gasteiger partial charge in [-0.15, -0.1) is 0 Å². The minimum atomic E-state index is -0.188. The summed E-state index contributed by atoms with van der Waals surface area (Å²) < 4.78 is 13.1. The lowest BCUT2D eigenvalue weighted by Gasteiger charge is -2.20. The summed E-state index contributed by atoms with van der Waals surface area (Å²) in [6.45, 7) is 0. The molecule has 106 valence electrons. The molecule has 0 amide bonds. The maximum atomic E-state index is 13.1. The van der Waals surface area contributed by atoms with E-state index >= 15 is 0 Å². The van der Waals surface area contributed by atoms with Gasteiger partial charge in [0.25, 0.3) is 0 Å². The summed E-state index contributed by atoms with van der Waals surface area (Å²) in [6.07, 6.45) is 4.26. The highest BCUT2D eigenvalue weighted by atomic mass is 19.1. The van der Waals surface area contributed by atoms with Crippen molar-refractivity contribution < 1.29 is 4.39 Å². The topological polar surface area (TPSA) is 40.7 Å². The van der Waals surface area contributed by atoms with Crippen molar-refractivity contribution >= 4 is 16.6 Å². The van der Waals surface area contributed by atoms with Crippen molar-refractivity contribution in [2.24, 2.45) is 5.92 Å². The Bertz CT molecular complexity index is 759. The summed E-state index contributed by atoms with van der Waals surface area (Å²) in [7, 11) is 0. The molecule has 1 aliphatic rings. The molecule has 0 bridgehead atoms. The number of hydrogen-bond acceptors (Lipinski definition) is 2. The van der Waals surface area contributed by atoms with Crippen molar-refractivity contribution in [3.63, 3.8) is 0 Å². The van der Waals surface area contributed by atoms with Crippen molar-refractivity contribution in [1.82, 2.24) is 10.2 Å². The van der Waals surface area contributed by atoms with Crippen LogP contribution in [0.25, 0.3) is 10.9 Å². The van der Waals surface area contributed by atoms with Gasteiger partial charge in [-0.2, -0.15) is 5.10 Å². The van der Waals surface area contributed by atoms with Crippen LogP contribution >= 0.6 is 0 Å². The van der Waals surface area contributed by atoms with Gasteiger partial charge in [0.2, 0.25) is 0 Å². The number of aromatic amines is 1. The minimum Gasteiger partial charge on any atom is -0.378 e. The summed E-state index contributed by atoms with van der Waals surface area (Å²) in [6, 6.07) is 13.2. The molecule has 3 nitrogen and oxygen atoms in total. The van der Waals surface area contributed by atoms with Crippen LogP contribution in [0.5, 0.6) is 0 Å². The van der Waals surface area contributed by atoms with Gasteiger partial charge in [-0.25, -0.2) is 4.39 Å². The van der Waals surface area contributed by atoms with E-state index < -0.39 is 0 Å². The van der Waals surface area contributed by atoms with Crippen LogP contribution in [-0.4, -0.2) is 10.2 Å². The molecule has 1 fully saturated rings. The van der Waals surface area contributed by atoms with E-state index in [4.69, 9.17) is 0 Å². The number of hydrogen-bond donors (Lipinski definition) is 2. The lowest BCUT2D eigenvalue weighted by atomic mass is 10.0. The van der Waals surface area contributed by atoms with Gasteiger partial charge >= 0.3 is 0 Å². The number of rotatable bonds is 4. The number of nitrogens with one attached hydrogen (secondary N) is 2. The molecule has 1 aromatic heterocycles. The molecule has 21 heavy (non-hydrogen) atoms. The zero-order valence-corrected chi connectivity index (χ0v) is 11.5. The summed E-state index contributed by atoms with van der Waals surface area (Å²) in [4.78, 5) is 0. The molecule has 0 spiro atoms. The first-order valence-electron chi connectivity index (χ1n) is 7.25. The van der Waals surface area contributed by atoms with Gasteiger partial charge in [0.15, 0.2) is 0 Å². The predicted octanol–water partition coefficient (Wildman–Crippen LogP) is 4.27. The fraction of sp³-hybridized carbons (Fsp3) is 0.235. The Morgan fingerprint density at radius 1 is 1.14 bits per heavy atom. The van der Waals surface area contributed by atoms with E-state index in [-0.39, 0.29) is 11.9 Å². The Kier molecular flexibility index (Phi) is 2.88. The van der Waals surface area contributed by atoms with Crippen LogP contribution < -0.4 is 5.32 Å². The van der Waals surface area contributed by atoms with Crippen molar-refractivity contribution in [2.45, 2.75) is 18.9 Å². The van der Waals surface area contributed by atoms with Crippen molar-refractivity contribution in [2.75, 3.05) is 5.32 Å². The van der Waals surface area contributed by atoms with Crippen LogP contribution in [0.1, 0.15) is 24.4 Å².